The van der Waals surface area contributed by atoms with Crippen molar-refractivity contribution >= 4 is 11.9 Å². The van der Waals surface area contributed by atoms with Gasteiger partial charge in [0.1, 0.15) is 6.21 Å². The average Bonchev–Trinajstić information content (AvgIpc) is 2.21. The monoisotopic (exact) mass is 164 g/mol. The van der Waals surface area contributed by atoms with Crippen molar-refractivity contribution in [3.63, 3.8) is 0 Å². The average molecular weight is 164 g/mol. The fourth-order valence-electron chi connectivity index (χ4n) is 1.79. The Balaban J connectivity index is 2.03. The Morgan fingerprint density at radius 3 is 2.75 bits per heavy atom. The lowest BCUT2D eigenvalue weighted by Gasteiger charge is -2.17. The van der Waals surface area contributed by atoms with Crippen LogP contribution in [0.1, 0.15) is 32.1 Å². The van der Waals surface area contributed by atoms with Crippen LogP contribution in [-0.2, 0) is 0 Å². The smallest absolute Gasteiger partial charge is 0.0533 e. The zero-order valence-corrected chi connectivity index (χ0v) is 6.98. The highest BCUT2D eigenvalue weighted by atomic mass is 15.5. The molecule has 0 aromatic rings. The van der Waals surface area contributed by atoms with Gasteiger partial charge in [-0.3, -0.25) is 0 Å². The molecule has 12 heavy (non-hydrogen) atoms. The van der Waals surface area contributed by atoms with E-state index in [1.54, 1.807) is 6.21 Å². The summed E-state index contributed by atoms with van der Waals surface area (Å²) in [6.07, 6.45) is 8.20. The maximum Gasteiger partial charge on any atom is 0.211 e. The van der Waals surface area contributed by atoms with Gasteiger partial charge in [-0.1, -0.05) is 19.3 Å². The minimum Gasteiger partial charge on any atom is -0.0533 e. The molecule has 0 saturated heterocycles. The van der Waals surface area contributed by atoms with Gasteiger partial charge in [-0.05, 0) is 17.9 Å². The molecule has 1 aliphatic carbocycles. The molecule has 1 fully saturated rings. The van der Waals surface area contributed by atoms with E-state index in [1.165, 1.54) is 32.1 Å². The van der Waals surface area contributed by atoms with Crippen molar-refractivity contribution in [2.45, 2.75) is 32.1 Å². The van der Waals surface area contributed by atoms with Gasteiger partial charge >= 0.3 is 0 Å². The Hall–Kier alpha value is -1.06. The first-order valence-corrected chi connectivity index (χ1v) is 4.48. The SMILES string of the molecule is C1=N[N+]=NN=C1C1CCCCC1. The fourth-order valence-corrected chi connectivity index (χ4v) is 1.79. The van der Waals surface area contributed by atoms with Gasteiger partial charge in [0.05, 0.1) is 5.10 Å². The molecule has 0 bridgehead atoms. The summed E-state index contributed by atoms with van der Waals surface area (Å²) in [5.74, 6) is 0.585. The van der Waals surface area contributed by atoms with Crippen molar-refractivity contribution in [3.05, 3.63) is 0 Å². The Kier molecular flexibility index (Phi) is 2.25. The highest BCUT2D eigenvalue weighted by Crippen LogP contribution is 2.24. The van der Waals surface area contributed by atoms with Crippen molar-refractivity contribution < 1.29 is 0 Å². The number of nitrogens with zero attached hydrogens (tertiary/aromatic N) is 4. The summed E-state index contributed by atoms with van der Waals surface area (Å²) in [7, 11) is 0. The molecule has 0 atom stereocenters. The first kappa shape index (κ1) is 7.58. The number of rotatable bonds is 1. The topological polar surface area (TPSA) is 51.2 Å². The van der Waals surface area contributed by atoms with Gasteiger partial charge in [-0.25, -0.2) is 0 Å². The maximum atomic E-state index is 3.98. The minimum atomic E-state index is 0.585. The molecule has 0 amide bonds. The van der Waals surface area contributed by atoms with Crippen LogP contribution in [0.4, 0.5) is 0 Å². The second kappa shape index (κ2) is 3.56. The van der Waals surface area contributed by atoms with Gasteiger partial charge in [0, 0.05) is 5.92 Å². The molecule has 0 spiro atoms. The third-order valence-corrected chi connectivity index (χ3v) is 2.47. The molecule has 0 aromatic carbocycles. The Bertz CT molecular complexity index is 235. The summed E-state index contributed by atoms with van der Waals surface area (Å²) in [6, 6.07) is 0. The van der Waals surface area contributed by atoms with Crippen molar-refractivity contribution in [1.29, 1.82) is 0 Å². The lowest BCUT2D eigenvalue weighted by atomic mass is 9.86. The lowest BCUT2D eigenvalue weighted by molar-refractivity contribution is 0.440. The van der Waals surface area contributed by atoms with Gasteiger partial charge < -0.3 is 0 Å². The van der Waals surface area contributed by atoms with E-state index in [4.69, 9.17) is 0 Å². The van der Waals surface area contributed by atoms with Crippen molar-refractivity contribution in [2.75, 3.05) is 0 Å². The van der Waals surface area contributed by atoms with Gasteiger partial charge in [-0.15, -0.1) is 0 Å². The third kappa shape index (κ3) is 1.57. The molecule has 4 heteroatoms. The van der Waals surface area contributed by atoms with E-state index < -0.39 is 0 Å². The van der Waals surface area contributed by atoms with E-state index in [2.05, 4.69) is 20.6 Å². The number of hydrogen-bond acceptors (Lipinski definition) is 4. The van der Waals surface area contributed by atoms with E-state index in [1.807, 2.05) is 0 Å². The summed E-state index contributed by atoms with van der Waals surface area (Å²) in [5, 5.41) is 14.7. The predicted molar refractivity (Wildman–Crippen MR) is 47.1 cm³/mol. The Morgan fingerprint density at radius 1 is 1.25 bits per heavy atom. The highest BCUT2D eigenvalue weighted by molar-refractivity contribution is 6.31. The van der Waals surface area contributed by atoms with E-state index in [0.29, 0.717) is 5.92 Å². The van der Waals surface area contributed by atoms with Crippen LogP contribution in [0.25, 0.3) is 0 Å². The second-order valence-electron chi connectivity index (χ2n) is 3.28. The normalized spacial score (nSPS) is 24.2. The molecule has 2 aliphatic rings. The molecule has 2 rings (SSSR count). The van der Waals surface area contributed by atoms with E-state index >= 15 is 0 Å². The molecule has 0 unspecified atom stereocenters. The Morgan fingerprint density at radius 2 is 2.08 bits per heavy atom. The van der Waals surface area contributed by atoms with Crippen LogP contribution in [0.15, 0.2) is 15.4 Å². The molecular weight excluding hydrogens is 152 g/mol. The predicted octanol–water partition coefficient (Wildman–Crippen LogP) is 1.71. The van der Waals surface area contributed by atoms with Crippen LogP contribution in [0.2, 0.25) is 0 Å². The van der Waals surface area contributed by atoms with Crippen molar-refractivity contribution in [1.82, 2.24) is 5.22 Å². The van der Waals surface area contributed by atoms with E-state index in [0.717, 1.165) is 5.71 Å². The largest absolute Gasteiger partial charge is 0.211 e. The fraction of sp³-hybridized carbons (Fsp3) is 0.750. The lowest BCUT2D eigenvalue weighted by Crippen LogP contribution is -2.20. The molecule has 0 N–H and O–H groups in total. The van der Waals surface area contributed by atoms with Crippen LogP contribution in [0.3, 0.4) is 0 Å². The molecule has 1 heterocycles. The zero-order chi connectivity index (χ0) is 8.23. The van der Waals surface area contributed by atoms with Gasteiger partial charge in [0.15, 0.2) is 0 Å². The van der Waals surface area contributed by atoms with Gasteiger partial charge in [0.25, 0.3) is 0 Å². The van der Waals surface area contributed by atoms with Gasteiger partial charge in [-0.2, -0.15) is 0 Å². The minimum absolute atomic E-state index is 0.585. The molecule has 1 saturated carbocycles. The van der Waals surface area contributed by atoms with Crippen LogP contribution in [-0.4, -0.2) is 11.9 Å². The molecule has 4 nitrogen and oxygen atoms in total. The van der Waals surface area contributed by atoms with Crippen LogP contribution in [0.5, 0.6) is 0 Å². The summed E-state index contributed by atoms with van der Waals surface area (Å²) in [4.78, 5) is 0. The maximum absolute atomic E-state index is 3.98. The van der Waals surface area contributed by atoms with Crippen LogP contribution >= 0.6 is 0 Å². The number of hydrogen-bond donors (Lipinski definition) is 0. The molecule has 1 aliphatic heterocycles. The third-order valence-electron chi connectivity index (χ3n) is 2.47. The highest BCUT2D eigenvalue weighted by Gasteiger charge is 2.23. The summed E-state index contributed by atoms with van der Waals surface area (Å²) in [5.41, 5.74) is 1.02. The summed E-state index contributed by atoms with van der Waals surface area (Å²) < 4.78 is 0. The summed E-state index contributed by atoms with van der Waals surface area (Å²) >= 11 is 0. The Labute approximate surface area is 71.5 Å². The molecule has 1 radical (unpaired) electrons. The van der Waals surface area contributed by atoms with Crippen molar-refractivity contribution in [3.8, 4) is 0 Å². The van der Waals surface area contributed by atoms with Crippen LogP contribution in [0, 0.1) is 5.92 Å². The van der Waals surface area contributed by atoms with Crippen LogP contribution < -0.4 is 5.22 Å². The molecular formula is C8H12N4+. The quantitative estimate of drug-likeness (QED) is 0.566. The first-order valence-electron chi connectivity index (χ1n) is 4.48. The first-order chi connectivity index (χ1) is 5.97. The van der Waals surface area contributed by atoms with E-state index in [9.17, 15) is 0 Å². The molecule has 0 aromatic heterocycles. The standard InChI is InChI=1S/C8H12N4/c1-2-4-7(5-3-1)8-6-9-11-12-10-8/h6-7H,1-5H2/q+1. The van der Waals surface area contributed by atoms with Gasteiger partial charge in [0.2, 0.25) is 16.2 Å². The van der Waals surface area contributed by atoms with E-state index in [-0.39, 0.29) is 0 Å². The molecule has 63 valence electrons. The zero-order valence-electron chi connectivity index (χ0n) is 6.98. The second-order valence-corrected chi connectivity index (χ2v) is 3.28. The van der Waals surface area contributed by atoms with Crippen molar-refractivity contribution in [2.24, 2.45) is 21.3 Å². The summed E-state index contributed by atoms with van der Waals surface area (Å²) in [6.45, 7) is 0.